The van der Waals surface area contributed by atoms with Gasteiger partial charge in [0.1, 0.15) is 0 Å². The predicted molar refractivity (Wildman–Crippen MR) is 48.2 cm³/mol. The molecule has 0 aliphatic carbocycles. The van der Waals surface area contributed by atoms with Crippen LogP contribution in [0.4, 0.5) is 11.8 Å². The van der Waals surface area contributed by atoms with Crippen molar-refractivity contribution in [3.05, 3.63) is 28.1 Å². The molecule has 0 saturated carbocycles. The van der Waals surface area contributed by atoms with Crippen molar-refractivity contribution in [1.82, 2.24) is 15.0 Å². The van der Waals surface area contributed by atoms with E-state index in [0.717, 1.165) is 0 Å². The largest absolute Gasteiger partial charge is 0.295 e. The SMILES string of the molecule is O=Nc1nc(N=O)c2cccnc2n1. The van der Waals surface area contributed by atoms with Crippen molar-refractivity contribution < 1.29 is 0 Å². The lowest BCUT2D eigenvalue weighted by Crippen LogP contribution is -1.87. The molecule has 0 unspecified atom stereocenters. The lowest BCUT2D eigenvalue weighted by Gasteiger charge is -1.96. The van der Waals surface area contributed by atoms with Gasteiger partial charge in [0, 0.05) is 11.4 Å². The smallest absolute Gasteiger partial charge is 0.236 e. The van der Waals surface area contributed by atoms with Crippen molar-refractivity contribution >= 4 is 22.8 Å². The fourth-order valence-electron chi connectivity index (χ4n) is 1.05. The van der Waals surface area contributed by atoms with Crippen LogP contribution in [0.25, 0.3) is 11.0 Å². The van der Waals surface area contributed by atoms with Gasteiger partial charge in [0.2, 0.25) is 5.82 Å². The van der Waals surface area contributed by atoms with E-state index in [9.17, 15) is 9.81 Å². The average Bonchev–Trinajstić information content (AvgIpc) is 2.27. The first-order valence-electron chi connectivity index (χ1n) is 3.64. The molecular formula is C7H3N5O2. The lowest BCUT2D eigenvalue weighted by atomic mass is 10.3. The second kappa shape index (κ2) is 3.21. The first-order valence-corrected chi connectivity index (χ1v) is 3.64. The summed E-state index contributed by atoms with van der Waals surface area (Å²) in [5, 5.41) is 5.58. The molecule has 0 atom stereocenters. The van der Waals surface area contributed by atoms with Crippen molar-refractivity contribution in [1.29, 1.82) is 0 Å². The van der Waals surface area contributed by atoms with Crippen LogP contribution < -0.4 is 0 Å². The number of nitroso groups, excluding NO2 is 2. The third-order valence-corrected chi connectivity index (χ3v) is 1.61. The molecule has 2 aromatic rings. The summed E-state index contributed by atoms with van der Waals surface area (Å²) in [4.78, 5) is 31.6. The molecule has 0 bridgehead atoms. The number of rotatable bonds is 2. The molecule has 2 rings (SSSR count). The predicted octanol–water partition coefficient (Wildman–Crippen LogP) is 1.82. The first kappa shape index (κ1) is 8.30. The van der Waals surface area contributed by atoms with Crippen molar-refractivity contribution in [2.24, 2.45) is 10.4 Å². The number of fused-ring (bicyclic) bond motifs is 1. The highest BCUT2D eigenvalue weighted by molar-refractivity contribution is 5.85. The summed E-state index contributed by atoms with van der Waals surface area (Å²) in [5.74, 6) is -0.469. The van der Waals surface area contributed by atoms with Gasteiger partial charge in [-0.3, -0.25) is 0 Å². The van der Waals surface area contributed by atoms with Gasteiger partial charge < -0.3 is 0 Å². The molecule has 0 saturated heterocycles. The molecule has 0 N–H and O–H groups in total. The number of hydrogen-bond acceptors (Lipinski definition) is 7. The molecule has 7 heteroatoms. The quantitative estimate of drug-likeness (QED) is 0.671. The Morgan fingerprint density at radius 2 is 2.00 bits per heavy atom. The van der Waals surface area contributed by atoms with Crippen LogP contribution in [0.15, 0.2) is 28.7 Å². The van der Waals surface area contributed by atoms with Gasteiger partial charge in [0.15, 0.2) is 5.65 Å². The molecular weight excluding hydrogens is 186 g/mol. The van der Waals surface area contributed by atoms with Gasteiger partial charge in [-0.2, -0.15) is 9.97 Å². The van der Waals surface area contributed by atoms with Crippen LogP contribution in [0, 0.1) is 9.81 Å². The van der Waals surface area contributed by atoms with Crippen LogP contribution >= 0.6 is 0 Å². The maximum Gasteiger partial charge on any atom is 0.295 e. The van der Waals surface area contributed by atoms with E-state index >= 15 is 0 Å². The highest BCUT2D eigenvalue weighted by atomic mass is 16.3. The van der Waals surface area contributed by atoms with E-state index in [-0.39, 0.29) is 17.4 Å². The summed E-state index contributed by atoms with van der Waals surface area (Å²) >= 11 is 0. The Bertz CT molecular complexity index is 512. The molecule has 0 aliphatic rings. The Labute approximate surface area is 77.2 Å². The Morgan fingerprint density at radius 3 is 2.71 bits per heavy atom. The zero-order valence-electron chi connectivity index (χ0n) is 6.78. The van der Waals surface area contributed by atoms with Gasteiger partial charge in [0.05, 0.1) is 5.39 Å². The van der Waals surface area contributed by atoms with Gasteiger partial charge in [-0.05, 0) is 17.3 Å². The Hall–Kier alpha value is -2.31. The standard InChI is InChI=1S/C7H3N5O2/c13-11-6-4-2-1-3-8-5(4)9-7(10-6)12-14/h1-3H. The van der Waals surface area contributed by atoms with Crippen LogP contribution in [-0.4, -0.2) is 15.0 Å². The summed E-state index contributed by atoms with van der Waals surface area (Å²) in [7, 11) is 0. The Kier molecular flexibility index (Phi) is 1.90. The van der Waals surface area contributed by atoms with Crippen LogP contribution in [0.1, 0.15) is 0 Å². The molecule has 0 radical (unpaired) electrons. The zero-order valence-corrected chi connectivity index (χ0v) is 6.78. The minimum absolute atomic E-state index is 0.127. The average molecular weight is 189 g/mol. The van der Waals surface area contributed by atoms with Crippen LogP contribution in [0.3, 0.4) is 0 Å². The molecule has 2 heterocycles. The maximum atomic E-state index is 10.4. The fraction of sp³-hybridized carbons (Fsp3) is 0. The van der Waals surface area contributed by atoms with Crippen molar-refractivity contribution in [2.45, 2.75) is 0 Å². The topological polar surface area (TPSA) is 97.5 Å². The van der Waals surface area contributed by atoms with E-state index in [2.05, 4.69) is 25.3 Å². The molecule has 14 heavy (non-hydrogen) atoms. The Morgan fingerprint density at radius 1 is 1.14 bits per heavy atom. The first-order chi connectivity index (χ1) is 6.85. The Balaban J connectivity index is 2.86. The van der Waals surface area contributed by atoms with Gasteiger partial charge in [-0.15, -0.1) is 9.81 Å². The van der Waals surface area contributed by atoms with Crippen LogP contribution in [0.5, 0.6) is 0 Å². The summed E-state index contributed by atoms with van der Waals surface area (Å²) in [6.45, 7) is 0. The zero-order chi connectivity index (χ0) is 9.97. The maximum absolute atomic E-state index is 10.4. The van der Waals surface area contributed by atoms with Gasteiger partial charge >= 0.3 is 0 Å². The molecule has 0 spiro atoms. The summed E-state index contributed by atoms with van der Waals surface area (Å²) in [5.41, 5.74) is 0.228. The van der Waals surface area contributed by atoms with E-state index in [4.69, 9.17) is 0 Å². The van der Waals surface area contributed by atoms with Gasteiger partial charge in [0.25, 0.3) is 5.95 Å². The van der Waals surface area contributed by atoms with E-state index in [1.54, 1.807) is 12.1 Å². The molecule has 2 aromatic heterocycles. The molecule has 0 fully saturated rings. The number of pyridine rings is 1. The van der Waals surface area contributed by atoms with Crippen molar-refractivity contribution in [3.8, 4) is 0 Å². The van der Waals surface area contributed by atoms with E-state index in [1.165, 1.54) is 6.20 Å². The minimum Gasteiger partial charge on any atom is -0.236 e. The third-order valence-electron chi connectivity index (χ3n) is 1.61. The molecule has 68 valence electrons. The minimum atomic E-state index is -0.342. The third kappa shape index (κ3) is 1.20. The fourth-order valence-corrected chi connectivity index (χ4v) is 1.05. The number of nitrogens with zero attached hydrogens (tertiary/aromatic N) is 5. The van der Waals surface area contributed by atoms with Crippen LogP contribution in [-0.2, 0) is 0 Å². The highest BCUT2D eigenvalue weighted by Crippen LogP contribution is 2.22. The van der Waals surface area contributed by atoms with Crippen molar-refractivity contribution in [2.75, 3.05) is 0 Å². The molecule has 0 aliphatic heterocycles. The highest BCUT2D eigenvalue weighted by Gasteiger charge is 2.08. The van der Waals surface area contributed by atoms with E-state index in [0.29, 0.717) is 5.39 Å². The summed E-state index contributed by atoms with van der Waals surface area (Å²) in [6, 6.07) is 3.21. The normalized spacial score (nSPS) is 10.0. The van der Waals surface area contributed by atoms with E-state index < -0.39 is 0 Å². The number of hydrogen-bond donors (Lipinski definition) is 0. The van der Waals surface area contributed by atoms with E-state index in [1.807, 2.05) is 0 Å². The second-order valence-corrected chi connectivity index (χ2v) is 2.40. The molecule has 0 aromatic carbocycles. The summed E-state index contributed by atoms with van der Waals surface area (Å²) in [6.07, 6.45) is 1.48. The van der Waals surface area contributed by atoms with Crippen molar-refractivity contribution in [3.63, 3.8) is 0 Å². The van der Waals surface area contributed by atoms with Gasteiger partial charge in [-0.1, -0.05) is 0 Å². The van der Waals surface area contributed by atoms with Crippen LogP contribution in [0.2, 0.25) is 0 Å². The summed E-state index contributed by atoms with van der Waals surface area (Å²) < 4.78 is 0. The molecule has 7 nitrogen and oxygen atoms in total. The molecule has 0 amide bonds. The monoisotopic (exact) mass is 189 g/mol. The second-order valence-electron chi connectivity index (χ2n) is 2.40. The number of aromatic nitrogens is 3. The lowest BCUT2D eigenvalue weighted by molar-refractivity contribution is 1.13. The van der Waals surface area contributed by atoms with Gasteiger partial charge in [-0.25, -0.2) is 4.98 Å².